The highest BCUT2D eigenvalue weighted by molar-refractivity contribution is 5.46. The first kappa shape index (κ1) is 14.0. The lowest BCUT2D eigenvalue weighted by Gasteiger charge is -2.15. The summed E-state index contributed by atoms with van der Waals surface area (Å²) < 4.78 is 10.7. The number of allylic oxidation sites excluding steroid dienone is 1. The first-order valence-corrected chi connectivity index (χ1v) is 7.57. The summed E-state index contributed by atoms with van der Waals surface area (Å²) in [5.74, 6) is 1.48. The molecule has 0 fully saturated rings. The average molecular weight is 284 g/mol. The lowest BCUT2D eigenvalue weighted by Crippen LogP contribution is -2.21. The number of benzene rings is 1. The molecule has 1 N–H and O–H groups in total. The second-order valence-corrected chi connectivity index (χ2v) is 5.49. The van der Waals surface area contributed by atoms with E-state index >= 15 is 0 Å². The minimum atomic E-state index is -0.302. The predicted molar refractivity (Wildman–Crippen MR) is 80.1 cm³/mol. The molecular formula is C17H20N2O2. The SMILES string of the molecule is N#CC(NCCC1=CCCCC1)c1ccc2c(c1)OCO2. The highest BCUT2D eigenvalue weighted by atomic mass is 16.7. The Morgan fingerprint density at radius 3 is 2.95 bits per heavy atom. The fourth-order valence-corrected chi connectivity index (χ4v) is 2.84. The van der Waals surface area contributed by atoms with E-state index in [1.54, 1.807) is 0 Å². The second-order valence-electron chi connectivity index (χ2n) is 5.49. The third-order valence-electron chi connectivity index (χ3n) is 4.04. The number of fused-ring (bicyclic) bond motifs is 1. The number of hydrogen-bond donors (Lipinski definition) is 1. The van der Waals surface area contributed by atoms with Gasteiger partial charge in [-0.3, -0.25) is 5.32 Å². The van der Waals surface area contributed by atoms with E-state index in [-0.39, 0.29) is 12.8 Å². The summed E-state index contributed by atoms with van der Waals surface area (Å²) in [7, 11) is 0. The maximum absolute atomic E-state index is 9.37. The van der Waals surface area contributed by atoms with Gasteiger partial charge in [-0.2, -0.15) is 5.26 Å². The normalized spacial score (nSPS) is 18.0. The van der Waals surface area contributed by atoms with Gasteiger partial charge in [-0.25, -0.2) is 0 Å². The van der Waals surface area contributed by atoms with Crippen LogP contribution < -0.4 is 14.8 Å². The average Bonchev–Trinajstić information content (AvgIpc) is 3.00. The van der Waals surface area contributed by atoms with Gasteiger partial charge in [-0.05, 0) is 49.8 Å². The summed E-state index contributed by atoms with van der Waals surface area (Å²) in [4.78, 5) is 0. The van der Waals surface area contributed by atoms with Crippen LogP contribution in [0, 0.1) is 11.3 Å². The van der Waals surface area contributed by atoms with Crippen molar-refractivity contribution in [2.24, 2.45) is 0 Å². The zero-order chi connectivity index (χ0) is 14.5. The highest BCUT2D eigenvalue weighted by Gasteiger charge is 2.17. The van der Waals surface area contributed by atoms with Gasteiger partial charge in [0.2, 0.25) is 6.79 Å². The largest absolute Gasteiger partial charge is 0.454 e. The van der Waals surface area contributed by atoms with E-state index in [4.69, 9.17) is 9.47 Å². The van der Waals surface area contributed by atoms with Crippen molar-refractivity contribution in [1.82, 2.24) is 5.32 Å². The van der Waals surface area contributed by atoms with Crippen molar-refractivity contribution in [3.63, 3.8) is 0 Å². The van der Waals surface area contributed by atoms with Crippen LogP contribution in [0.5, 0.6) is 11.5 Å². The number of ether oxygens (including phenoxy) is 2. The molecule has 21 heavy (non-hydrogen) atoms. The Morgan fingerprint density at radius 2 is 2.14 bits per heavy atom. The molecule has 4 nitrogen and oxygen atoms in total. The van der Waals surface area contributed by atoms with Crippen molar-refractivity contribution in [1.29, 1.82) is 5.26 Å². The van der Waals surface area contributed by atoms with Crippen LogP contribution >= 0.6 is 0 Å². The van der Waals surface area contributed by atoms with Gasteiger partial charge in [0.05, 0.1) is 6.07 Å². The van der Waals surface area contributed by atoms with Gasteiger partial charge < -0.3 is 9.47 Å². The molecule has 0 saturated heterocycles. The van der Waals surface area contributed by atoms with Crippen molar-refractivity contribution in [3.8, 4) is 17.6 Å². The van der Waals surface area contributed by atoms with Gasteiger partial charge in [0.1, 0.15) is 6.04 Å². The van der Waals surface area contributed by atoms with Gasteiger partial charge in [0.15, 0.2) is 11.5 Å². The van der Waals surface area contributed by atoms with E-state index in [1.165, 1.54) is 31.3 Å². The van der Waals surface area contributed by atoms with Crippen LogP contribution in [0.1, 0.15) is 43.7 Å². The molecule has 1 aromatic carbocycles. The molecule has 110 valence electrons. The fourth-order valence-electron chi connectivity index (χ4n) is 2.84. The number of nitrogens with one attached hydrogen (secondary N) is 1. The van der Waals surface area contributed by atoms with Crippen LogP contribution in [-0.4, -0.2) is 13.3 Å². The molecule has 1 unspecified atom stereocenters. The zero-order valence-electron chi connectivity index (χ0n) is 12.1. The zero-order valence-corrected chi connectivity index (χ0v) is 12.1. The van der Waals surface area contributed by atoms with Crippen LogP contribution in [0.25, 0.3) is 0 Å². The van der Waals surface area contributed by atoms with E-state index in [1.807, 2.05) is 18.2 Å². The van der Waals surface area contributed by atoms with Gasteiger partial charge in [-0.1, -0.05) is 17.7 Å². The molecule has 1 aromatic rings. The van der Waals surface area contributed by atoms with Gasteiger partial charge in [0, 0.05) is 6.54 Å². The Hall–Kier alpha value is -1.99. The van der Waals surface area contributed by atoms with Gasteiger partial charge >= 0.3 is 0 Å². The Labute approximate surface area is 125 Å². The standard InChI is InChI=1S/C17H20N2O2/c18-11-15(19-9-8-13-4-2-1-3-5-13)14-6-7-16-17(10-14)21-12-20-16/h4,6-7,10,15,19H,1-3,5,8-9,12H2. The monoisotopic (exact) mass is 284 g/mol. The molecule has 1 aliphatic carbocycles. The summed E-state index contributed by atoms with van der Waals surface area (Å²) in [5.41, 5.74) is 2.45. The topological polar surface area (TPSA) is 54.3 Å². The van der Waals surface area contributed by atoms with Crippen LogP contribution in [0.15, 0.2) is 29.8 Å². The third-order valence-corrected chi connectivity index (χ3v) is 4.04. The van der Waals surface area contributed by atoms with Crippen molar-refractivity contribution in [2.45, 2.75) is 38.1 Å². The van der Waals surface area contributed by atoms with Crippen LogP contribution in [-0.2, 0) is 0 Å². The van der Waals surface area contributed by atoms with Gasteiger partial charge in [0.25, 0.3) is 0 Å². The molecule has 4 heteroatoms. The molecule has 0 bridgehead atoms. The number of nitriles is 1. The Bertz CT molecular complexity index is 575. The molecule has 0 amide bonds. The van der Waals surface area contributed by atoms with E-state index < -0.39 is 0 Å². The summed E-state index contributed by atoms with van der Waals surface area (Å²) in [5, 5.41) is 12.7. The van der Waals surface area contributed by atoms with Crippen molar-refractivity contribution in [2.75, 3.05) is 13.3 Å². The minimum absolute atomic E-state index is 0.261. The van der Waals surface area contributed by atoms with E-state index in [0.29, 0.717) is 0 Å². The lowest BCUT2D eigenvalue weighted by molar-refractivity contribution is 0.174. The smallest absolute Gasteiger partial charge is 0.231 e. The Balaban J connectivity index is 1.57. The Kier molecular flexibility index (Phi) is 4.42. The van der Waals surface area contributed by atoms with Gasteiger partial charge in [-0.15, -0.1) is 0 Å². The number of nitrogens with zero attached hydrogens (tertiary/aromatic N) is 1. The molecule has 3 rings (SSSR count). The molecule has 1 atom stereocenters. The maximum atomic E-state index is 9.37. The summed E-state index contributed by atoms with van der Waals surface area (Å²) >= 11 is 0. The summed E-state index contributed by atoms with van der Waals surface area (Å²) in [6.07, 6.45) is 8.42. The molecule has 2 aliphatic rings. The van der Waals surface area contributed by atoms with Crippen molar-refractivity contribution < 1.29 is 9.47 Å². The molecule has 0 aromatic heterocycles. The Morgan fingerprint density at radius 1 is 1.24 bits per heavy atom. The minimum Gasteiger partial charge on any atom is -0.454 e. The molecule has 1 heterocycles. The first-order chi connectivity index (χ1) is 10.4. The molecule has 0 saturated carbocycles. The highest BCUT2D eigenvalue weighted by Crippen LogP contribution is 2.34. The molecular weight excluding hydrogens is 264 g/mol. The first-order valence-electron chi connectivity index (χ1n) is 7.57. The van der Waals surface area contributed by atoms with Crippen LogP contribution in [0.2, 0.25) is 0 Å². The molecule has 0 spiro atoms. The predicted octanol–water partition coefficient (Wildman–Crippen LogP) is 3.46. The fraction of sp³-hybridized carbons (Fsp3) is 0.471. The van der Waals surface area contributed by atoms with Crippen molar-refractivity contribution >= 4 is 0 Å². The van der Waals surface area contributed by atoms with E-state index in [2.05, 4.69) is 17.5 Å². The third kappa shape index (κ3) is 3.37. The molecule has 0 radical (unpaired) electrons. The summed E-state index contributed by atoms with van der Waals surface area (Å²) in [6, 6.07) is 7.70. The lowest BCUT2D eigenvalue weighted by atomic mass is 9.97. The van der Waals surface area contributed by atoms with Crippen molar-refractivity contribution in [3.05, 3.63) is 35.4 Å². The second kappa shape index (κ2) is 6.64. The quantitative estimate of drug-likeness (QED) is 0.841. The van der Waals surface area contributed by atoms with Crippen LogP contribution in [0.4, 0.5) is 0 Å². The maximum Gasteiger partial charge on any atom is 0.231 e. The summed E-state index contributed by atoms with van der Waals surface area (Å²) in [6.45, 7) is 1.09. The van der Waals surface area contributed by atoms with E-state index in [0.717, 1.165) is 30.0 Å². The van der Waals surface area contributed by atoms with E-state index in [9.17, 15) is 5.26 Å². The molecule has 1 aliphatic heterocycles. The van der Waals surface area contributed by atoms with Crippen LogP contribution in [0.3, 0.4) is 0 Å². The number of hydrogen-bond acceptors (Lipinski definition) is 4. The number of rotatable bonds is 5.